The summed E-state index contributed by atoms with van der Waals surface area (Å²) >= 11 is 0. The number of nitrogens with one attached hydrogen (secondary N) is 1. The molecule has 1 N–H and O–H groups in total. The zero-order valence-corrected chi connectivity index (χ0v) is 14.7. The van der Waals surface area contributed by atoms with Crippen molar-refractivity contribution in [3.63, 3.8) is 0 Å². The smallest absolute Gasteiger partial charge is 0.223 e. The van der Waals surface area contributed by atoms with E-state index in [4.69, 9.17) is 0 Å². The number of carbonyl (C=O) groups is 2. The summed E-state index contributed by atoms with van der Waals surface area (Å²) in [5.41, 5.74) is 1.15. The van der Waals surface area contributed by atoms with E-state index in [9.17, 15) is 9.59 Å². The number of benzene rings is 1. The number of aryl methyl sites for hydroxylation is 2. The van der Waals surface area contributed by atoms with Gasteiger partial charge in [-0.3, -0.25) is 9.59 Å². The second kappa shape index (κ2) is 7.51. The zero-order valence-electron chi connectivity index (χ0n) is 14.7. The molecule has 1 aromatic carbocycles. The van der Waals surface area contributed by atoms with Gasteiger partial charge in [0.15, 0.2) is 0 Å². The molecule has 2 aromatic rings. The molecule has 6 heteroatoms. The van der Waals surface area contributed by atoms with Crippen LogP contribution in [0.3, 0.4) is 0 Å². The van der Waals surface area contributed by atoms with Crippen molar-refractivity contribution in [2.75, 3.05) is 13.6 Å². The summed E-state index contributed by atoms with van der Waals surface area (Å²) in [5.74, 6) is 1.01. The van der Waals surface area contributed by atoms with Crippen molar-refractivity contribution in [2.45, 2.75) is 25.3 Å². The second-order valence-corrected chi connectivity index (χ2v) is 6.60. The molecule has 1 saturated heterocycles. The van der Waals surface area contributed by atoms with Crippen molar-refractivity contribution >= 4 is 11.8 Å². The summed E-state index contributed by atoms with van der Waals surface area (Å²) in [6.07, 6.45) is 5.22. The van der Waals surface area contributed by atoms with E-state index in [0.29, 0.717) is 19.4 Å². The highest BCUT2D eigenvalue weighted by molar-refractivity contribution is 5.80. The fourth-order valence-corrected chi connectivity index (χ4v) is 3.42. The number of nitrogens with zero attached hydrogens (tertiary/aromatic N) is 3. The fraction of sp³-hybridized carbons (Fsp3) is 0.421. The first-order chi connectivity index (χ1) is 12.1. The number of amides is 2. The summed E-state index contributed by atoms with van der Waals surface area (Å²) in [6.45, 7) is 0.487. The molecule has 1 aromatic heterocycles. The zero-order chi connectivity index (χ0) is 17.8. The average molecular weight is 340 g/mol. The Labute approximate surface area is 147 Å². The predicted molar refractivity (Wildman–Crippen MR) is 94.6 cm³/mol. The molecule has 0 radical (unpaired) electrons. The lowest BCUT2D eigenvalue weighted by atomic mass is 9.99. The molecule has 0 spiro atoms. The van der Waals surface area contributed by atoms with Crippen LogP contribution in [0.1, 0.15) is 30.3 Å². The minimum Gasteiger partial charge on any atom is -0.356 e. The molecule has 0 aliphatic carbocycles. The molecule has 1 aliphatic rings. The van der Waals surface area contributed by atoms with Gasteiger partial charge in [-0.25, -0.2) is 4.98 Å². The third kappa shape index (κ3) is 3.90. The van der Waals surface area contributed by atoms with Gasteiger partial charge in [0.2, 0.25) is 11.8 Å². The van der Waals surface area contributed by atoms with Gasteiger partial charge in [-0.15, -0.1) is 0 Å². The summed E-state index contributed by atoms with van der Waals surface area (Å²) in [7, 11) is 3.73. The monoisotopic (exact) mass is 340 g/mol. The molecule has 0 bridgehead atoms. The van der Waals surface area contributed by atoms with E-state index in [-0.39, 0.29) is 23.8 Å². The lowest BCUT2D eigenvalue weighted by Crippen LogP contribution is -2.33. The van der Waals surface area contributed by atoms with Gasteiger partial charge in [0.25, 0.3) is 0 Å². The summed E-state index contributed by atoms with van der Waals surface area (Å²) in [4.78, 5) is 30.4. The first-order valence-corrected chi connectivity index (χ1v) is 8.59. The minimum atomic E-state index is -0.0954. The van der Waals surface area contributed by atoms with Crippen LogP contribution >= 0.6 is 0 Å². The third-order valence-electron chi connectivity index (χ3n) is 4.86. The molecule has 3 rings (SSSR count). The maximum Gasteiger partial charge on any atom is 0.223 e. The average Bonchev–Trinajstić information content (AvgIpc) is 3.15. The number of carbonyl (C=O) groups excluding carboxylic acids is 2. The standard InChI is InChI=1S/C19H24N4O2/c1-22-11-10-20-19(22)18-15(12-17(25)23(18)2)13-21-16(24)9-8-14-6-4-3-5-7-14/h3-7,10-11,15,18H,8-9,12-13H2,1-2H3,(H,21,24)/t15-,18+/m0/s1. The van der Waals surface area contributed by atoms with Crippen LogP contribution in [0.5, 0.6) is 0 Å². The summed E-state index contributed by atoms with van der Waals surface area (Å²) in [6, 6.07) is 9.87. The maximum absolute atomic E-state index is 12.2. The van der Waals surface area contributed by atoms with Gasteiger partial charge in [0.1, 0.15) is 5.82 Å². The Balaban J connectivity index is 1.57. The van der Waals surface area contributed by atoms with Crippen molar-refractivity contribution in [1.82, 2.24) is 19.8 Å². The Morgan fingerprint density at radius 2 is 2.04 bits per heavy atom. The molecule has 6 nitrogen and oxygen atoms in total. The van der Waals surface area contributed by atoms with Gasteiger partial charge >= 0.3 is 0 Å². The minimum absolute atomic E-state index is 0.0180. The van der Waals surface area contributed by atoms with Gasteiger partial charge in [0, 0.05) is 51.8 Å². The van der Waals surface area contributed by atoms with Crippen LogP contribution in [0.15, 0.2) is 42.7 Å². The van der Waals surface area contributed by atoms with Crippen LogP contribution in [-0.2, 0) is 23.1 Å². The highest BCUT2D eigenvalue weighted by Gasteiger charge is 2.40. The van der Waals surface area contributed by atoms with Crippen molar-refractivity contribution in [3.05, 3.63) is 54.1 Å². The van der Waals surface area contributed by atoms with E-state index in [1.165, 1.54) is 0 Å². The van der Waals surface area contributed by atoms with Crippen molar-refractivity contribution in [2.24, 2.45) is 13.0 Å². The van der Waals surface area contributed by atoms with E-state index >= 15 is 0 Å². The topological polar surface area (TPSA) is 67.2 Å². The highest BCUT2D eigenvalue weighted by atomic mass is 16.2. The van der Waals surface area contributed by atoms with E-state index < -0.39 is 0 Å². The van der Waals surface area contributed by atoms with Crippen molar-refractivity contribution in [1.29, 1.82) is 0 Å². The van der Waals surface area contributed by atoms with Crippen LogP contribution in [0.4, 0.5) is 0 Å². The molecule has 1 aliphatic heterocycles. The molecule has 0 saturated carbocycles. The van der Waals surface area contributed by atoms with E-state index in [1.54, 1.807) is 18.1 Å². The summed E-state index contributed by atoms with van der Waals surface area (Å²) < 4.78 is 1.93. The van der Waals surface area contributed by atoms with Crippen LogP contribution < -0.4 is 5.32 Å². The number of likely N-dealkylation sites (tertiary alicyclic amines) is 1. The predicted octanol–water partition coefficient (Wildman–Crippen LogP) is 1.69. The van der Waals surface area contributed by atoms with Gasteiger partial charge in [-0.2, -0.15) is 0 Å². The molecule has 0 unspecified atom stereocenters. The largest absolute Gasteiger partial charge is 0.356 e. The van der Waals surface area contributed by atoms with Crippen LogP contribution in [-0.4, -0.2) is 39.9 Å². The Hall–Kier alpha value is -2.63. The Morgan fingerprint density at radius 3 is 2.72 bits per heavy atom. The van der Waals surface area contributed by atoms with Gasteiger partial charge < -0.3 is 14.8 Å². The van der Waals surface area contributed by atoms with Gasteiger partial charge in [-0.05, 0) is 12.0 Å². The molecular formula is C19H24N4O2. The number of aromatic nitrogens is 2. The van der Waals surface area contributed by atoms with E-state index in [1.807, 2.05) is 48.1 Å². The maximum atomic E-state index is 12.2. The van der Waals surface area contributed by atoms with Crippen LogP contribution in [0.25, 0.3) is 0 Å². The van der Waals surface area contributed by atoms with Crippen LogP contribution in [0.2, 0.25) is 0 Å². The molecule has 25 heavy (non-hydrogen) atoms. The molecule has 132 valence electrons. The first kappa shape index (κ1) is 17.2. The molecule has 2 amide bonds. The number of hydrogen-bond donors (Lipinski definition) is 1. The molecule has 2 atom stereocenters. The third-order valence-corrected chi connectivity index (χ3v) is 4.86. The fourth-order valence-electron chi connectivity index (χ4n) is 3.42. The van der Waals surface area contributed by atoms with E-state index in [0.717, 1.165) is 17.8 Å². The Morgan fingerprint density at radius 1 is 1.28 bits per heavy atom. The second-order valence-electron chi connectivity index (χ2n) is 6.60. The normalized spacial score (nSPS) is 20.1. The van der Waals surface area contributed by atoms with Gasteiger partial charge in [0.05, 0.1) is 6.04 Å². The van der Waals surface area contributed by atoms with Crippen molar-refractivity contribution < 1.29 is 9.59 Å². The Kier molecular flexibility index (Phi) is 5.16. The Bertz CT molecular complexity index is 741. The van der Waals surface area contributed by atoms with Gasteiger partial charge in [-0.1, -0.05) is 30.3 Å². The molecule has 2 heterocycles. The number of rotatable bonds is 6. The quantitative estimate of drug-likeness (QED) is 0.870. The SMILES string of the molecule is CN1C(=O)C[C@@H](CNC(=O)CCc2ccccc2)[C@@H]1c1nccn1C. The van der Waals surface area contributed by atoms with Crippen molar-refractivity contribution in [3.8, 4) is 0 Å². The number of imidazole rings is 1. The lowest BCUT2D eigenvalue weighted by molar-refractivity contribution is -0.127. The lowest BCUT2D eigenvalue weighted by Gasteiger charge is -2.24. The molecular weight excluding hydrogens is 316 g/mol. The number of hydrogen-bond acceptors (Lipinski definition) is 3. The highest BCUT2D eigenvalue weighted by Crippen LogP contribution is 2.35. The first-order valence-electron chi connectivity index (χ1n) is 8.59. The van der Waals surface area contributed by atoms with E-state index in [2.05, 4.69) is 10.3 Å². The summed E-state index contributed by atoms with van der Waals surface area (Å²) in [5, 5.41) is 2.99. The van der Waals surface area contributed by atoms with Crippen LogP contribution in [0, 0.1) is 5.92 Å². The molecule has 1 fully saturated rings.